The van der Waals surface area contributed by atoms with Crippen molar-refractivity contribution in [2.24, 2.45) is 0 Å². The van der Waals surface area contributed by atoms with Crippen LogP contribution in [0.15, 0.2) is 30.5 Å². The van der Waals surface area contributed by atoms with Crippen molar-refractivity contribution in [2.75, 3.05) is 6.61 Å². The molecule has 0 aliphatic carbocycles. The van der Waals surface area contributed by atoms with Gasteiger partial charge in [-0.05, 0) is 11.6 Å². The normalized spacial score (nSPS) is 17.2. The number of carboxylic acid groups (broad SMARTS) is 1. The van der Waals surface area contributed by atoms with Gasteiger partial charge in [-0.1, -0.05) is 18.2 Å². The van der Waals surface area contributed by atoms with E-state index in [9.17, 15) is 35.1 Å². The van der Waals surface area contributed by atoms with Gasteiger partial charge in [-0.3, -0.25) is 14.9 Å². The van der Waals surface area contributed by atoms with E-state index >= 15 is 0 Å². The van der Waals surface area contributed by atoms with Crippen molar-refractivity contribution in [3.05, 3.63) is 36.0 Å². The third-order valence-electron chi connectivity index (χ3n) is 4.22. The molecule has 0 amide bonds. The number of aliphatic hydroxyl groups excluding tert-OH is 5. The van der Waals surface area contributed by atoms with Crippen molar-refractivity contribution in [1.29, 1.82) is 0 Å². The number of carbonyl (C=O) groups excluding carboxylic acids is 1. The molecule has 148 valence electrons. The van der Waals surface area contributed by atoms with Crippen LogP contribution < -0.4 is 5.32 Å². The van der Waals surface area contributed by atoms with Gasteiger partial charge < -0.3 is 35.6 Å². The van der Waals surface area contributed by atoms with Crippen LogP contribution in [0.1, 0.15) is 5.56 Å². The van der Waals surface area contributed by atoms with Gasteiger partial charge in [0.25, 0.3) is 0 Å². The third-order valence-corrected chi connectivity index (χ3v) is 4.22. The summed E-state index contributed by atoms with van der Waals surface area (Å²) in [5.41, 5.74) is 1.44. The molecule has 27 heavy (non-hydrogen) atoms. The third kappa shape index (κ3) is 4.89. The lowest BCUT2D eigenvalue weighted by molar-refractivity contribution is -0.152. The molecule has 5 atom stereocenters. The minimum Gasteiger partial charge on any atom is -0.480 e. The Morgan fingerprint density at radius 1 is 1.11 bits per heavy atom. The largest absolute Gasteiger partial charge is 0.480 e. The molecule has 1 aromatic carbocycles. The van der Waals surface area contributed by atoms with Crippen molar-refractivity contribution >= 4 is 22.7 Å². The fourth-order valence-corrected chi connectivity index (χ4v) is 2.66. The molecular formula is C17H22N2O8. The van der Waals surface area contributed by atoms with E-state index in [4.69, 9.17) is 5.11 Å². The molecule has 1 heterocycles. The molecule has 0 fully saturated rings. The fraction of sp³-hybridized carbons (Fsp3) is 0.412. The van der Waals surface area contributed by atoms with Crippen molar-refractivity contribution in [3.63, 3.8) is 0 Å². The zero-order valence-electron chi connectivity index (χ0n) is 14.2. The summed E-state index contributed by atoms with van der Waals surface area (Å²) in [4.78, 5) is 26.4. The molecule has 8 N–H and O–H groups in total. The molecule has 0 bridgehead atoms. The van der Waals surface area contributed by atoms with Gasteiger partial charge in [-0.15, -0.1) is 0 Å². The number of aliphatic hydroxyl groups is 5. The summed E-state index contributed by atoms with van der Waals surface area (Å²) in [6, 6.07) is 5.83. The van der Waals surface area contributed by atoms with E-state index in [1.54, 1.807) is 18.3 Å². The Labute approximate surface area is 153 Å². The molecular weight excluding hydrogens is 360 g/mol. The number of rotatable bonds is 10. The summed E-state index contributed by atoms with van der Waals surface area (Å²) in [5, 5.41) is 59.5. The van der Waals surface area contributed by atoms with Crippen LogP contribution in [-0.4, -0.2) is 84.6 Å². The number of ketones is 1. The molecule has 10 heteroatoms. The zero-order chi connectivity index (χ0) is 20.1. The Morgan fingerprint density at radius 2 is 1.78 bits per heavy atom. The number of para-hydroxylation sites is 1. The van der Waals surface area contributed by atoms with Crippen LogP contribution in [0.3, 0.4) is 0 Å². The fourth-order valence-electron chi connectivity index (χ4n) is 2.66. The molecule has 1 unspecified atom stereocenters. The van der Waals surface area contributed by atoms with Crippen LogP contribution in [0.4, 0.5) is 0 Å². The number of Topliss-reactive ketones (excluding diaryl/α,β-unsaturated/α-hetero) is 1. The highest BCUT2D eigenvalue weighted by atomic mass is 16.4. The average Bonchev–Trinajstić information content (AvgIpc) is 3.07. The van der Waals surface area contributed by atoms with Gasteiger partial charge in [0.05, 0.1) is 6.61 Å². The Bertz CT molecular complexity index is 792. The van der Waals surface area contributed by atoms with E-state index < -0.39 is 48.9 Å². The van der Waals surface area contributed by atoms with Crippen LogP contribution in [0.25, 0.3) is 10.9 Å². The number of aromatic amines is 1. The molecule has 1 aromatic heterocycles. The predicted molar refractivity (Wildman–Crippen MR) is 92.7 cm³/mol. The highest BCUT2D eigenvalue weighted by Crippen LogP contribution is 2.19. The van der Waals surface area contributed by atoms with Gasteiger partial charge in [0.2, 0.25) is 5.78 Å². The van der Waals surface area contributed by atoms with E-state index in [0.717, 1.165) is 10.9 Å². The second kappa shape index (κ2) is 9.04. The molecule has 0 aliphatic rings. The lowest BCUT2D eigenvalue weighted by Crippen LogP contribution is -2.54. The number of aliphatic carboxylic acids is 1. The Balaban J connectivity index is 2.09. The maximum Gasteiger partial charge on any atom is 0.321 e. The molecule has 0 saturated carbocycles. The minimum atomic E-state index is -2.21. The van der Waals surface area contributed by atoms with Gasteiger partial charge in [-0.25, -0.2) is 0 Å². The van der Waals surface area contributed by atoms with E-state index in [2.05, 4.69) is 10.3 Å². The average molecular weight is 382 g/mol. The number of H-pyrrole nitrogens is 1. The summed E-state index contributed by atoms with van der Waals surface area (Å²) in [6.07, 6.45) is -6.59. The van der Waals surface area contributed by atoms with Crippen LogP contribution >= 0.6 is 0 Å². The predicted octanol–water partition coefficient (Wildman–Crippen LogP) is -2.28. The summed E-state index contributed by atoms with van der Waals surface area (Å²) in [5.74, 6) is -2.67. The zero-order valence-corrected chi connectivity index (χ0v) is 14.2. The summed E-state index contributed by atoms with van der Waals surface area (Å²) < 4.78 is 0. The maximum atomic E-state index is 12.0. The van der Waals surface area contributed by atoms with Crippen LogP contribution in [0.2, 0.25) is 0 Å². The number of carboxylic acids is 1. The SMILES string of the molecule is O=C(O)[C@H](Cc1c[nH]c2ccccc12)NC(O)C(=O)[C@@H](O)[C@H](O)[C@H](O)CO. The number of aromatic nitrogens is 1. The first-order chi connectivity index (χ1) is 12.8. The molecule has 0 spiro atoms. The number of fused-ring (bicyclic) bond motifs is 1. The van der Waals surface area contributed by atoms with Gasteiger partial charge >= 0.3 is 5.97 Å². The molecule has 0 aliphatic heterocycles. The summed E-state index contributed by atoms with van der Waals surface area (Å²) in [7, 11) is 0. The highest BCUT2D eigenvalue weighted by Gasteiger charge is 2.35. The van der Waals surface area contributed by atoms with Crippen LogP contribution in [-0.2, 0) is 16.0 Å². The minimum absolute atomic E-state index is 0.0679. The van der Waals surface area contributed by atoms with Gasteiger partial charge in [0.15, 0.2) is 6.23 Å². The van der Waals surface area contributed by atoms with E-state index in [-0.39, 0.29) is 6.42 Å². The first-order valence-electron chi connectivity index (χ1n) is 8.17. The van der Waals surface area contributed by atoms with Gasteiger partial charge in [0, 0.05) is 23.5 Å². The quantitative estimate of drug-likeness (QED) is 0.210. The lowest BCUT2D eigenvalue weighted by Gasteiger charge is -2.24. The first kappa shape index (κ1) is 21.0. The number of benzene rings is 1. The van der Waals surface area contributed by atoms with Crippen molar-refractivity contribution in [3.8, 4) is 0 Å². The monoisotopic (exact) mass is 382 g/mol. The van der Waals surface area contributed by atoms with E-state index in [1.165, 1.54) is 0 Å². The second-order valence-corrected chi connectivity index (χ2v) is 6.11. The Morgan fingerprint density at radius 3 is 2.41 bits per heavy atom. The van der Waals surface area contributed by atoms with Crippen LogP contribution in [0.5, 0.6) is 0 Å². The number of nitrogens with one attached hydrogen (secondary N) is 2. The molecule has 2 aromatic rings. The topological polar surface area (TPSA) is 183 Å². The lowest BCUT2D eigenvalue weighted by atomic mass is 10.0. The molecule has 0 radical (unpaired) electrons. The Kier molecular flexibility index (Phi) is 7.02. The first-order valence-corrected chi connectivity index (χ1v) is 8.17. The summed E-state index contributed by atoms with van der Waals surface area (Å²) >= 11 is 0. The van der Waals surface area contributed by atoms with Crippen molar-refractivity contribution in [2.45, 2.75) is 37.0 Å². The van der Waals surface area contributed by atoms with Gasteiger partial charge in [-0.2, -0.15) is 0 Å². The highest BCUT2D eigenvalue weighted by molar-refractivity contribution is 5.88. The summed E-state index contributed by atoms with van der Waals surface area (Å²) in [6.45, 7) is -0.909. The van der Waals surface area contributed by atoms with Crippen molar-refractivity contribution < 1.29 is 40.2 Å². The molecule has 0 saturated heterocycles. The van der Waals surface area contributed by atoms with Crippen molar-refractivity contribution in [1.82, 2.24) is 10.3 Å². The number of hydrogen-bond donors (Lipinski definition) is 8. The maximum absolute atomic E-state index is 12.0. The van der Waals surface area contributed by atoms with E-state index in [0.29, 0.717) is 5.56 Å². The Hall–Kier alpha value is -2.34. The second-order valence-electron chi connectivity index (χ2n) is 6.11. The smallest absolute Gasteiger partial charge is 0.321 e. The standard InChI is InChI=1S/C17H22N2O8/c20-7-12(21)13(22)14(23)15(24)16(25)19-11(17(26)27)5-8-6-18-10-4-2-1-3-9(8)10/h1-4,6,11-14,16,18-23,25H,5,7H2,(H,26,27)/t11-,12+,13+,14-,16?/m0/s1. The molecule has 10 nitrogen and oxygen atoms in total. The van der Waals surface area contributed by atoms with Gasteiger partial charge in [0.1, 0.15) is 24.4 Å². The van der Waals surface area contributed by atoms with Crippen LogP contribution in [0, 0.1) is 0 Å². The number of hydrogen-bond acceptors (Lipinski definition) is 8. The number of carbonyl (C=O) groups is 2. The van der Waals surface area contributed by atoms with E-state index in [1.807, 2.05) is 12.1 Å². The molecule has 2 rings (SSSR count).